The van der Waals surface area contributed by atoms with Gasteiger partial charge in [0.25, 0.3) is 5.91 Å². The van der Waals surface area contributed by atoms with Crippen LogP contribution in [0, 0.1) is 22.7 Å². The second-order valence-electron chi connectivity index (χ2n) is 15.7. The summed E-state index contributed by atoms with van der Waals surface area (Å²) in [7, 11) is -3.35. The zero-order valence-electron chi connectivity index (χ0n) is 28.9. The Morgan fingerprint density at radius 1 is 1.02 bits per heavy atom. The van der Waals surface area contributed by atoms with E-state index in [0.717, 1.165) is 19.3 Å². The summed E-state index contributed by atoms with van der Waals surface area (Å²) in [5.41, 5.74) is -1.84. The lowest BCUT2D eigenvalue weighted by Gasteiger charge is -2.43. The van der Waals surface area contributed by atoms with E-state index in [-0.39, 0.29) is 36.0 Å². The molecule has 4 N–H and O–H groups in total. The minimum atomic E-state index is -3.35. The maximum atomic E-state index is 14.4. The lowest BCUT2D eigenvalue weighted by molar-refractivity contribution is -0.145. The normalized spacial score (nSPS) is 28.3. The van der Waals surface area contributed by atoms with E-state index in [9.17, 15) is 32.4 Å². The Hall–Kier alpha value is -2.96. The molecule has 0 spiro atoms. The van der Waals surface area contributed by atoms with Crippen LogP contribution in [0.1, 0.15) is 99.3 Å². The van der Waals surface area contributed by atoms with Crippen LogP contribution in [-0.4, -0.2) is 90.6 Å². The smallest absolute Gasteiger partial charge is 0.315 e. The van der Waals surface area contributed by atoms with Crippen molar-refractivity contribution in [2.75, 3.05) is 18.8 Å². The molecule has 2 aliphatic heterocycles. The molecule has 4 aliphatic rings. The zero-order chi connectivity index (χ0) is 34.9. The van der Waals surface area contributed by atoms with Crippen LogP contribution < -0.4 is 21.3 Å². The van der Waals surface area contributed by atoms with Crippen LogP contribution in [0.5, 0.6) is 0 Å². The van der Waals surface area contributed by atoms with Gasteiger partial charge < -0.3 is 26.2 Å². The summed E-state index contributed by atoms with van der Waals surface area (Å²) in [6.07, 6.45) is 7.07. The minimum absolute atomic E-state index is 0.0611. The van der Waals surface area contributed by atoms with Crippen LogP contribution in [0.2, 0.25) is 0 Å². The summed E-state index contributed by atoms with van der Waals surface area (Å²) in [6, 6.07) is -3.53. The van der Waals surface area contributed by atoms with E-state index in [1.165, 1.54) is 11.0 Å². The summed E-state index contributed by atoms with van der Waals surface area (Å²) in [6.45, 7) is 15.4. The lowest BCUT2D eigenvalue weighted by atomic mass is 9.78. The van der Waals surface area contributed by atoms with Crippen molar-refractivity contribution in [1.82, 2.24) is 26.2 Å². The molecule has 2 heterocycles. The second-order valence-corrected chi connectivity index (χ2v) is 18.0. The van der Waals surface area contributed by atoms with Crippen molar-refractivity contribution in [3.05, 3.63) is 12.7 Å². The van der Waals surface area contributed by atoms with Gasteiger partial charge in [-0.2, -0.15) is 0 Å². The summed E-state index contributed by atoms with van der Waals surface area (Å²) in [4.78, 5) is 69.0. The number of rotatable bonds is 12. The number of amides is 5. The minimum Gasteiger partial charge on any atom is -0.346 e. The topological polar surface area (TPSA) is 171 Å². The Kier molecular flexibility index (Phi) is 10.9. The van der Waals surface area contributed by atoms with Gasteiger partial charge in [0.05, 0.1) is 22.6 Å². The van der Waals surface area contributed by atoms with Gasteiger partial charge in [-0.3, -0.25) is 19.2 Å². The lowest BCUT2D eigenvalue weighted by Crippen LogP contribution is -2.65. The highest BCUT2D eigenvalue weighted by molar-refractivity contribution is 7.92. The van der Waals surface area contributed by atoms with E-state index in [1.807, 2.05) is 27.7 Å². The van der Waals surface area contributed by atoms with Gasteiger partial charge in [0.2, 0.25) is 17.6 Å². The SMILES string of the molecule is C=CCNC(=O)C(=O)C(CCC)NC(=O)[C@@H]1[C@@H]2[C@H](CN1C(=O)[C@@H](NC(=O)NC1(C3CCCS3(=O)=O)CCCCC1)C(C)(C)C)C2(C)C. The first-order chi connectivity index (χ1) is 21.9. The maximum Gasteiger partial charge on any atom is 0.315 e. The molecule has 0 bridgehead atoms. The molecule has 12 nitrogen and oxygen atoms in total. The number of fused-ring (bicyclic) bond motifs is 1. The van der Waals surface area contributed by atoms with Crippen LogP contribution >= 0.6 is 0 Å². The average molecular weight is 678 g/mol. The first-order valence-corrected chi connectivity index (χ1v) is 19.0. The summed E-state index contributed by atoms with van der Waals surface area (Å²) < 4.78 is 26.0. The van der Waals surface area contributed by atoms with Crippen molar-refractivity contribution in [2.24, 2.45) is 22.7 Å². The number of nitrogens with zero attached hydrogens (tertiary/aromatic N) is 1. The highest BCUT2D eigenvalue weighted by atomic mass is 32.2. The van der Waals surface area contributed by atoms with Crippen molar-refractivity contribution in [3.63, 3.8) is 0 Å². The van der Waals surface area contributed by atoms with Crippen LogP contribution in [-0.2, 0) is 29.0 Å². The van der Waals surface area contributed by atoms with Gasteiger partial charge in [-0.1, -0.05) is 73.3 Å². The highest BCUT2D eigenvalue weighted by Crippen LogP contribution is 2.65. The third-order valence-corrected chi connectivity index (χ3v) is 13.5. The Bertz CT molecular complexity index is 1360. The van der Waals surface area contributed by atoms with Gasteiger partial charge in [-0.15, -0.1) is 6.58 Å². The summed E-state index contributed by atoms with van der Waals surface area (Å²) in [5.74, 6) is -2.44. The molecule has 0 radical (unpaired) electrons. The van der Waals surface area contributed by atoms with Crippen molar-refractivity contribution in [2.45, 2.75) is 128 Å². The van der Waals surface area contributed by atoms with E-state index >= 15 is 0 Å². The third-order valence-electron chi connectivity index (χ3n) is 11.0. The molecule has 4 rings (SSSR count). The number of nitrogens with one attached hydrogen (secondary N) is 4. The zero-order valence-corrected chi connectivity index (χ0v) is 29.8. The third kappa shape index (κ3) is 7.54. The predicted octanol–water partition coefficient (Wildman–Crippen LogP) is 2.62. The molecule has 13 heteroatoms. The first-order valence-electron chi connectivity index (χ1n) is 17.3. The van der Waals surface area contributed by atoms with Crippen LogP contribution in [0.15, 0.2) is 12.7 Å². The van der Waals surface area contributed by atoms with Gasteiger partial charge in [0.15, 0.2) is 9.84 Å². The fourth-order valence-corrected chi connectivity index (χ4v) is 10.7. The highest BCUT2D eigenvalue weighted by Gasteiger charge is 2.70. The largest absolute Gasteiger partial charge is 0.346 e. The van der Waals surface area contributed by atoms with Crippen molar-refractivity contribution >= 4 is 39.4 Å². The second kappa shape index (κ2) is 13.9. The number of urea groups is 1. The van der Waals surface area contributed by atoms with E-state index in [2.05, 4.69) is 41.7 Å². The molecule has 0 aromatic carbocycles. The fraction of sp³-hybridized carbons (Fsp3) is 0.794. The Morgan fingerprint density at radius 3 is 2.23 bits per heavy atom. The van der Waals surface area contributed by atoms with E-state index in [4.69, 9.17) is 0 Å². The number of hydrogen-bond donors (Lipinski definition) is 4. The van der Waals surface area contributed by atoms with Crippen molar-refractivity contribution in [3.8, 4) is 0 Å². The van der Waals surface area contributed by atoms with Gasteiger partial charge in [-0.25, -0.2) is 13.2 Å². The molecule has 0 aromatic heterocycles. The fourth-order valence-electron chi connectivity index (χ4n) is 8.37. The monoisotopic (exact) mass is 677 g/mol. The van der Waals surface area contributed by atoms with Gasteiger partial charge in [0, 0.05) is 13.1 Å². The maximum absolute atomic E-state index is 14.4. The molecule has 264 valence electrons. The standard InChI is InChI=1S/C34H55N5O7S/c1-8-14-22(26(40)29(42)35-18-9-2)36-28(41)25-24-21(33(24,6)7)20-39(25)30(43)27(32(3,4)5)37-31(44)38-34(16-11-10-12-17-34)23-15-13-19-47(23,45)46/h9,21-25,27H,2,8,10-20H2,1,3-7H3,(H,35,42)(H,36,41)(H2,37,38,44)/t21-,22?,23?,24-,25-,27+/m0/s1. The summed E-state index contributed by atoms with van der Waals surface area (Å²) >= 11 is 0. The average Bonchev–Trinajstić information content (AvgIpc) is 3.30. The van der Waals surface area contributed by atoms with Crippen LogP contribution in [0.3, 0.4) is 0 Å². The molecular weight excluding hydrogens is 622 g/mol. The quantitative estimate of drug-likeness (QED) is 0.182. The van der Waals surface area contributed by atoms with E-state index in [0.29, 0.717) is 38.6 Å². The number of Topliss-reactive ketones (excluding diaryl/α,β-unsaturated/α-hetero) is 1. The van der Waals surface area contributed by atoms with Crippen LogP contribution in [0.4, 0.5) is 4.79 Å². The van der Waals surface area contributed by atoms with Crippen molar-refractivity contribution in [1.29, 1.82) is 0 Å². The molecule has 0 aromatic rings. The number of carbonyl (C=O) groups excluding carboxylic acids is 5. The molecule has 2 saturated carbocycles. The van der Waals surface area contributed by atoms with Crippen molar-refractivity contribution < 1.29 is 32.4 Å². The predicted molar refractivity (Wildman–Crippen MR) is 179 cm³/mol. The molecule has 6 atom stereocenters. The number of likely N-dealkylation sites (tertiary alicyclic amines) is 1. The number of piperidine rings is 1. The Labute approximate surface area is 279 Å². The molecular formula is C34H55N5O7S. The van der Waals surface area contributed by atoms with Gasteiger partial charge >= 0.3 is 6.03 Å². The van der Waals surface area contributed by atoms with E-state index in [1.54, 1.807) is 0 Å². The molecule has 2 unspecified atom stereocenters. The Morgan fingerprint density at radius 2 is 1.68 bits per heavy atom. The number of sulfone groups is 1. The van der Waals surface area contributed by atoms with E-state index < -0.39 is 73.7 Å². The van der Waals surface area contributed by atoms with Gasteiger partial charge in [-0.05, 0) is 54.8 Å². The molecule has 47 heavy (non-hydrogen) atoms. The molecule has 4 fully saturated rings. The number of ketones is 1. The number of carbonyl (C=O) groups is 5. The molecule has 5 amide bonds. The van der Waals surface area contributed by atoms with Crippen LogP contribution in [0.25, 0.3) is 0 Å². The first kappa shape index (κ1) is 36.9. The van der Waals surface area contributed by atoms with Gasteiger partial charge in [0.1, 0.15) is 12.1 Å². The Balaban J connectivity index is 1.55. The number of hydrogen-bond acceptors (Lipinski definition) is 7. The summed E-state index contributed by atoms with van der Waals surface area (Å²) in [5, 5.41) is 10.6. The molecule has 2 saturated heterocycles. The molecule has 2 aliphatic carbocycles.